The summed E-state index contributed by atoms with van der Waals surface area (Å²) in [5, 5.41) is 5.78. The Hall–Kier alpha value is -5.44. The number of aromatic nitrogens is 1. The topological polar surface area (TPSA) is 182 Å². The Balaban J connectivity index is 1.19. The van der Waals surface area contributed by atoms with Gasteiger partial charge in [-0.15, -0.1) is 6.58 Å². The van der Waals surface area contributed by atoms with Gasteiger partial charge in [0.1, 0.15) is 35.2 Å². The second-order valence-corrected chi connectivity index (χ2v) is 18.6. The molecule has 0 spiro atoms. The molecule has 4 fully saturated rings. The van der Waals surface area contributed by atoms with Gasteiger partial charge >= 0.3 is 6.09 Å². The van der Waals surface area contributed by atoms with Crippen molar-refractivity contribution in [1.29, 1.82) is 0 Å². The van der Waals surface area contributed by atoms with Gasteiger partial charge in [0.2, 0.25) is 21.8 Å². The monoisotopic (exact) mass is 825 g/mol. The minimum Gasteiger partial charge on any atom is -0.496 e. The van der Waals surface area contributed by atoms with Gasteiger partial charge < -0.3 is 29.7 Å². The number of ether oxygens (including phenoxy) is 3. The highest BCUT2D eigenvalue weighted by atomic mass is 32.2. The van der Waals surface area contributed by atoms with Crippen LogP contribution in [0.3, 0.4) is 0 Å². The number of hydrogen-bond acceptors (Lipinski definition) is 10. The summed E-state index contributed by atoms with van der Waals surface area (Å²) in [4.78, 5) is 62.9. The molecule has 2 aromatic carbocycles. The van der Waals surface area contributed by atoms with Crippen LogP contribution in [0.5, 0.6) is 11.5 Å². The number of carbonyl (C=O) groups is 4. The zero-order chi connectivity index (χ0) is 41.5. The Bertz CT molecular complexity index is 2290. The predicted molar refractivity (Wildman–Crippen MR) is 221 cm³/mol. The summed E-state index contributed by atoms with van der Waals surface area (Å²) in [6.45, 7) is 5.88. The van der Waals surface area contributed by atoms with E-state index in [-0.39, 0.29) is 37.8 Å². The average molecular weight is 826 g/mol. The number of carbonyl (C=O) groups excluding carboxylic acids is 4. The van der Waals surface area contributed by atoms with E-state index in [2.05, 4.69) is 21.9 Å². The number of amides is 4. The Labute approximate surface area is 344 Å². The van der Waals surface area contributed by atoms with E-state index < -0.39 is 68.7 Å². The van der Waals surface area contributed by atoms with E-state index in [1.54, 1.807) is 7.11 Å². The lowest BCUT2D eigenvalue weighted by atomic mass is 9.96. The molecule has 6 atom stereocenters. The molecule has 14 nitrogen and oxygen atoms in total. The van der Waals surface area contributed by atoms with Crippen LogP contribution < -0.4 is 24.8 Å². The molecule has 8 rings (SSSR count). The second kappa shape index (κ2) is 16.3. The molecule has 15 heteroatoms. The van der Waals surface area contributed by atoms with Crippen molar-refractivity contribution in [3.8, 4) is 22.8 Å². The number of sulfonamides is 1. The lowest BCUT2D eigenvalue weighted by Gasteiger charge is -2.32. The maximum atomic E-state index is 14.9. The molecule has 312 valence electrons. The molecule has 1 saturated heterocycles. The van der Waals surface area contributed by atoms with Crippen LogP contribution in [0.15, 0.2) is 67.3 Å². The van der Waals surface area contributed by atoms with Gasteiger partial charge in [-0.05, 0) is 56.4 Å². The first-order valence-electron chi connectivity index (χ1n) is 20.5. The number of methoxy groups -OCH3 is 1. The summed E-state index contributed by atoms with van der Waals surface area (Å²) >= 11 is 0. The number of fused-ring (bicyclic) bond motifs is 3. The number of nitrogens with zero attached hydrogens (tertiary/aromatic N) is 2. The van der Waals surface area contributed by atoms with E-state index in [0.717, 1.165) is 24.0 Å². The SMILES string of the molecule is C=C[C@@H]1C[C@]1(NC(=O)[C@@H]1C[C@@H]2CN1C(=O)[C@H](C1CCCC1)NC(=O)OCC(C)C/C=C\c1cc3c(cc(-c4ccccc4)nc3cc1OC)O2)C(=O)NS(=O)(=O)C1CC1. The normalized spacial score (nSPS) is 28.1. The van der Waals surface area contributed by atoms with Gasteiger partial charge in [-0.25, -0.2) is 18.2 Å². The van der Waals surface area contributed by atoms with Crippen molar-refractivity contribution in [3.05, 3.63) is 72.8 Å². The number of alkyl carbamates (subject to hydrolysis) is 1. The van der Waals surface area contributed by atoms with Crippen LogP contribution in [0.2, 0.25) is 0 Å². The quantitative estimate of drug-likeness (QED) is 0.241. The molecule has 4 bridgehead atoms. The first-order valence-corrected chi connectivity index (χ1v) is 22.1. The second-order valence-electron chi connectivity index (χ2n) is 16.7. The smallest absolute Gasteiger partial charge is 0.407 e. The molecule has 3 heterocycles. The van der Waals surface area contributed by atoms with Crippen molar-refractivity contribution in [2.45, 2.75) is 93.7 Å². The third kappa shape index (κ3) is 8.39. The fourth-order valence-electron chi connectivity index (χ4n) is 8.71. The number of pyridine rings is 1. The van der Waals surface area contributed by atoms with Crippen molar-refractivity contribution < 1.29 is 41.8 Å². The van der Waals surface area contributed by atoms with Gasteiger partial charge in [-0.2, -0.15) is 0 Å². The Kier molecular flexibility index (Phi) is 11.2. The van der Waals surface area contributed by atoms with Crippen LogP contribution in [0.1, 0.15) is 70.3 Å². The standard InChI is InChI=1S/C44H51N5O9S/c1-4-30-23-44(30,42(52)48-59(54,55)32-17-18-32)47-40(50)36-20-31-24-49(36)41(51)39(28-14-8-9-15-28)46-43(53)57-25-26(2)11-10-16-29-19-33-35(22-37(29)56-3)45-34(21-38(33)58-31)27-12-6-5-7-13-27/h4-7,10,12-13,16,19,21-22,26,28,30-32,36,39H,1,8-9,11,14-15,17-18,20,23-25H2,2-3H3,(H,46,53)(H,47,50)(H,48,52)/b16-10-/t26?,30-,31-,36+,39+,44-/m1/s1. The van der Waals surface area contributed by atoms with Crippen molar-refractivity contribution in [3.63, 3.8) is 0 Å². The summed E-state index contributed by atoms with van der Waals surface area (Å²) in [5.41, 5.74) is 1.35. The summed E-state index contributed by atoms with van der Waals surface area (Å²) in [7, 11) is -2.32. The Morgan fingerprint density at radius 3 is 2.54 bits per heavy atom. The van der Waals surface area contributed by atoms with E-state index in [1.807, 2.05) is 67.6 Å². The number of rotatable bonds is 9. The molecule has 1 unspecified atom stereocenters. The maximum Gasteiger partial charge on any atom is 0.407 e. The van der Waals surface area contributed by atoms with Gasteiger partial charge in [0.15, 0.2) is 0 Å². The lowest BCUT2D eigenvalue weighted by Crippen LogP contribution is -2.59. The van der Waals surface area contributed by atoms with Crippen molar-refractivity contribution in [2.75, 3.05) is 20.3 Å². The first-order chi connectivity index (χ1) is 28.4. The molecular formula is C44H51N5O9S. The van der Waals surface area contributed by atoms with Crippen LogP contribution in [-0.2, 0) is 29.1 Å². The zero-order valence-electron chi connectivity index (χ0n) is 33.4. The predicted octanol–water partition coefficient (Wildman–Crippen LogP) is 5.27. The van der Waals surface area contributed by atoms with E-state index >= 15 is 0 Å². The Morgan fingerprint density at radius 2 is 1.85 bits per heavy atom. The number of nitrogens with one attached hydrogen (secondary N) is 3. The zero-order valence-corrected chi connectivity index (χ0v) is 34.2. The van der Waals surface area contributed by atoms with E-state index in [9.17, 15) is 27.6 Å². The maximum absolute atomic E-state index is 14.9. The van der Waals surface area contributed by atoms with Crippen LogP contribution >= 0.6 is 0 Å². The number of cyclic esters (lactones) is 1. The molecule has 3 aromatic rings. The fourth-order valence-corrected chi connectivity index (χ4v) is 10.1. The summed E-state index contributed by atoms with van der Waals surface area (Å²) in [6.07, 6.45) is 8.94. The highest BCUT2D eigenvalue weighted by Crippen LogP contribution is 2.46. The third-order valence-corrected chi connectivity index (χ3v) is 14.1. The molecule has 5 aliphatic rings. The first kappa shape index (κ1) is 40.3. The number of allylic oxidation sites excluding steroid dienone is 1. The largest absolute Gasteiger partial charge is 0.496 e. The molecule has 59 heavy (non-hydrogen) atoms. The third-order valence-electron chi connectivity index (χ3n) is 12.3. The fraction of sp³-hybridized carbons (Fsp3) is 0.477. The molecule has 2 aliphatic heterocycles. The molecule has 3 aliphatic carbocycles. The van der Waals surface area contributed by atoms with Gasteiger partial charge in [-0.1, -0.05) is 68.3 Å². The van der Waals surface area contributed by atoms with Gasteiger partial charge in [-0.3, -0.25) is 19.1 Å². The molecule has 4 amide bonds. The van der Waals surface area contributed by atoms with E-state index in [4.69, 9.17) is 19.2 Å². The lowest BCUT2D eigenvalue weighted by molar-refractivity contribution is -0.142. The van der Waals surface area contributed by atoms with E-state index in [1.165, 1.54) is 11.0 Å². The number of hydrogen-bond donors (Lipinski definition) is 3. The minimum atomic E-state index is -3.91. The van der Waals surface area contributed by atoms with Gasteiger partial charge in [0.25, 0.3) is 5.91 Å². The Morgan fingerprint density at radius 1 is 1.08 bits per heavy atom. The van der Waals surface area contributed by atoms with Crippen LogP contribution in [0, 0.1) is 17.8 Å². The van der Waals surface area contributed by atoms with Gasteiger partial charge in [0, 0.05) is 41.0 Å². The van der Waals surface area contributed by atoms with Gasteiger partial charge in [0.05, 0.1) is 36.7 Å². The number of benzene rings is 2. The minimum absolute atomic E-state index is 0.0125. The van der Waals surface area contributed by atoms with Crippen molar-refractivity contribution >= 4 is 50.8 Å². The summed E-state index contributed by atoms with van der Waals surface area (Å²) < 4.78 is 46.2. The molecule has 1 aromatic heterocycles. The van der Waals surface area contributed by atoms with Crippen molar-refractivity contribution in [1.82, 2.24) is 25.2 Å². The molecular weight excluding hydrogens is 775 g/mol. The highest BCUT2D eigenvalue weighted by Gasteiger charge is 2.62. The molecule has 3 N–H and O–H groups in total. The van der Waals surface area contributed by atoms with Crippen LogP contribution in [0.25, 0.3) is 28.2 Å². The van der Waals surface area contributed by atoms with E-state index in [0.29, 0.717) is 60.2 Å². The molecule has 0 radical (unpaired) electrons. The molecule has 3 saturated carbocycles. The highest BCUT2D eigenvalue weighted by molar-refractivity contribution is 7.91. The van der Waals surface area contributed by atoms with Crippen LogP contribution in [-0.4, -0.2) is 91.4 Å². The summed E-state index contributed by atoms with van der Waals surface area (Å²) in [5.74, 6) is -1.59. The van der Waals surface area contributed by atoms with Crippen molar-refractivity contribution in [2.24, 2.45) is 17.8 Å². The average Bonchev–Trinajstić information content (AvgIpc) is 4.10. The van der Waals surface area contributed by atoms with Crippen LogP contribution in [0.4, 0.5) is 4.79 Å². The summed E-state index contributed by atoms with van der Waals surface area (Å²) in [6, 6.07) is 13.2.